The van der Waals surface area contributed by atoms with Crippen LogP contribution in [0.1, 0.15) is 19.8 Å². The Balaban J connectivity index is 2.39. The summed E-state index contributed by atoms with van der Waals surface area (Å²) < 4.78 is 0. The average Bonchev–Trinajstić information content (AvgIpc) is 2.33. The van der Waals surface area contributed by atoms with Crippen LogP contribution in [0, 0.1) is 0 Å². The van der Waals surface area contributed by atoms with Gasteiger partial charge in [-0.2, -0.15) is 11.8 Å². The molecule has 0 aliphatic rings. The minimum absolute atomic E-state index is 0.0239. The van der Waals surface area contributed by atoms with E-state index in [1.165, 1.54) is 11.8 Å². The van der Waals surface area contributed by atoms with Gasteiger partial charge in [-0.3, -0.25) is 9.59 Å². The highest BCUT2D eigenvalue weighted by Crippen LogP contribution is 2.30. The Labute approximate surface area is 131 Å². The fraction of sp³-hybridized carbons (Fsp3) is 0.385. The van der Waals surface area contributed by atoms with Crippen molar-refractivity contribution in [2.24, 2.45) is 0 Å². The number of benzene rings is 1. The molecule has 1 aromatic carbocycles. The molecule has 4 nitrogen and oxygen atoms in total. The number of hydrogen-bond donors (Lipinski definition) is 2. The highest BCUT2D eigenvalue weighted by molar-refractivity contribution is 7.99. The zero-order chi connectivity index (χ0) is 15.1. The van der Waals surface area contributed by atoms with Gasteiger partial charge in [-0.25, -0.2) is 0 Å². The van der Waals surface area contributed by atoms with Crippen molar-refractivity contribution in [3.8, 4) is 0 Å². The number of carbonyl (C=O) groups is 2. The molecule has 0 heterocycles. The van der Waals surface area contributed by atoms with Gasteiger partial charge in [0.1, 0.15) is 0 Å². The predicted molar refractivity (Wildman–Crippen MR) is 83.9 cm³/mol. The van der Waals surface area contributed by atoms with Crippen LogP contribution in [0.5, 0.6) is 0 Å². The van der Waals surface area contributed by atoms with E-state index in [2.05, 4.69) is 5.32 Å². The lowest BCUT2D eigenvalue weighted by molar-refractivity contribution is -0.136. The highest BCUT2D eigenvalue weighted by Gasteiger charge is 2.11. The summed E-state index contributed by atoms with van der Waals surface area (Å²) in [7, 11) is 0. The zero-order valence-corrected chi connectivity index (χ0v) is 13.2. The molecule has 0 saturated heterocycles. The van der Waals surface area contributed by atoms with Crippen molar-refractivity contribution in [3.63, 3.8) is 0 Å². The van der Waals surface area contributed by atoms with Gasteiger partial charge in [0.2, 0.25) is 5.91 Å². The Morgan fingerprint density at radius 3 is 2.50 bits per heavy atom. The van der Waals surface area contributed by atoms with E-state index in [0.717, 1.165) is 0 Å². The second kappa shape index (κ2) is 8.39. The number of anilines is 1. The van der Waals surface area contributed by atoms with Gasteiger partial charge in [0, 0.05) is 17.4 Å². The number of hydrogen-bond acceptors (Lipinski definition) is 3. The molecule has 1 aromatic rings. The van der Waals surface area contributed by atoms with Gasteiger partial charge in [-0.15, -0.1) is 0 Å². The maximum atomic E-state index is 11.8. The third-order valence-electron chi connectivity index (χ3n) is 2.42. The Morgan fingerprint density at radius 1 is 1.35 bits per heavy atom. The Hall–Kier alpha value is -0.910. The molecule has 0 spiro atoms. The third kappa shape index (κ3) is 6.03. The summed E-state index contributed by atoms with van der Waals surface area (Å²) in [6, 6.07) is 4.99. The van der Waals surface area contributed by atoms with Gasteiger partial charge in [0.15, 0.2) is 0 Å². The molecule has 0 aromatic heterocycles. The summed E-state index contributed by atoms with van der Waals surface area (Å²) in [5, 5.41) is 12.0. The molecule has 1 amide bonds. The standard InChI is InChI=1S/C13H15Cl2NO3S/c1-8(7-12(18)19)20-6-5-11(17)16-13-9(14)3-2-4-10(13)15/h2-4,8H,5-7H2,1H3,(H,16,17)(H,18,19). The van der Waals surface area contributed by atoms with Gasteiger partial charge in [0.05, 0.1) is 22.2 Å². The maximum Gasteiger partial charge on any atom is 0.304 e. The van der Waals surface area contributed by atoms with Crippen LogP contribution in [-0.4, -0.2) is 28.0 Å². The maximum absolute atomic E-state index is 11.8. The molecule has 0 fully saturated rings. The van der Waals surface area contributed by atoms with Crippen LogP contribution < -0.4 is 5.32 Å². The molecule has 0 bridgehead atoms. The SMILES string of the molecule is CC(CC(=O)O)SCCC(=O)Nc1c(Cl)cccc1Cl. The number of para-hydroxylation sites is 1. The van der Waals surface area contributed by atoms with E-state index in [1.807, 2.05) is 6.92 Å². The van der Waals surface area contributed by atoms with Gasteiger partial charge in [-0.05, 0) is 12.1 Å². The van der Waals surface area contributed by atoms with Crippen LogP contribution in [0.15, 0.2) is 18.2 Å². The van der Waals surface area contributed by atoms with E-state index in [0.29, 0.717) is 21.5 Å². The summed E-state index contributed by atoms with van der Waals surface area (Å²) in [4.78, 5) is 22.3. The summed E-state index contributed by atoms with van der Waals surface area (Å²) >= 11 is 13.3. The second-order valence-electron chi connectivity index (χ2n) is 4.17. The van der Waals surface area contributed by atoms with Crippen molar-refractivity contribution in [2.75, 3.05) is 11.1 Å². The molecule has 1 rings (SSSR count). The summed E-state index contributed by atoms with van der Waals surface area (Å²) in [5.41, 5.74) is 0.407. The molecule has 0 aliphatic heterocycles. The number of halogens is 2. The van der Waals surface area contributed by atoms with Crippen molar-refractivity contribution in [3.05, 3.63) is 28.2 Å². The quantitative estimate of drug-likeness (QED) is 0.792. The number of rotatable bonds is 7. The molecular weight excluding hydrogens is 321 g/mol. The van der Waals surface area contributed by atoms with Gasteiger partial charge < -0.3 is 10.4 Å². The average molecular weight is 336 g/mol. The number of carboxylic acid groups (broad SMARTS) is 1. The van der Waals surface area contributed by atoms with Crippen LogP contribution >= 0.6 is 35.0 Å². The number of amides is 1. The van der Waals surface area contributed by atoms with Gasteiger partial charge >= 0.3 is 5.97 Å². The van der Waals surface area contributed by atoms with Gasteiger partial charge in [0.25, 0.3) is 0 Å². The number of carbonyl (C=O) groups excluding carboxylic acids is 1. The lowest BCUT2D eigenvalue weighted by Crippen LogP contribution is -2.14. The van der Waals surface area contributed by atoms with Crippen molar-refractivity contribution >= 4 is 52.5 Å². The fourth-order valence-corrected chi connectivity index (χ4v) is 2.93. The van der Waals surface area contributed by atoms with Crippen molar-refractivity contribution in [1.82, 2.24) is 0 Å². The summed E-state index contributed by atoms with van der Waals surface area (Å²) in [6.07, 6.45) is 0.360. The molecule has 2 N–H and O–H groups in total. The number of carboxylic acids is 1. The first kappa shape index (κ1) is 17.1. The number of thioether (sulfide) groups is 1. The minimum atomic E-state index is -0.836. The smallest absolute Gasteiger partial charge is 0.304 e. The van der Waals surface area contributed by atoms with E-state index in [9.17, 15) is 9.59 Å². The van der Waals surface area contributed by atoms with Crippen LogP contribution in [0.4, 0.5) is 5.69 Å². The Kier molecular flexibility index (Phi) is 7.19. The molecule has 110 valence electrons. The molecule has 20 heavy (non-hydrogen) atoms. The number of nitrogens with one attached hydrogen (secondary N) is 1. The van der Waals surface area contributed by atoms with E-state index in [4.69, 9.17) is 28.3 Å². The van der Waals surface area contributed by atoms with Crippen molar-refractivity contribution < 1.29 is 14.7 Å². The highest BCUT2D eigenvalue weighted by atomic mass is 35.5. The monoisotopic (exact) mass is 335 g/mol. The molecular formula is C13H15Cl2NO3S. The van der Waals surface area contributed by atoms with Crippen molar-refractivity contribution in [1.29, 1.82) is 0 Å². The van der Waals surface area contributed by atoms with E-state index in [-0.39, 0.29) is 24.0 Å². The summed E-state index contributed by atoms with van der Waals surface area (Å²) in [6.45, 7) is 1.82. The lowest BCUT2D eigenvalue weighted by Gasteiger charge is -2.10. The van der Waals surface area contributed by atoms with E-state index < -0.39 is 5.97 Å². The molecule has 0 saturated carbocycles. The molecule has 0 aliphatic carbocycles. The topological polar surface area (TPSA) is 66.4 Å². The zero-order valence-electron chi connectivity index (χ0n) is 10.9. The lowest BCUT2D eigenvalue weighted by atomic mass is 10.3. The molecule has 1 unspecified atom stereocenters. The second-order valence-corrected chi connectivity index (χ2v) is 6.53. The first-order valence-corrected chi connectivity index (χ1v) is 7.78. The largest absolute Gasteiger partial charge is 0.481 e. The Bertz CT molecular complexity index is 476. The number of aliphatic carboxylic acids is 1. The third-order valence-corrected chi connectivity index (χ3v) is 4.23. The van der Waals surface area contributed by atoms with Crippen LogP contribution in [-0.2, 0) is 9.59 Å². The van der Waals surface area contributed by atoms with E-state index >= 15 is 0 Å². The Morgan fingerprint density at radius 2 is 1.95 bits per heavy atom. The fourth-order valence-electron chi connectivity index (χ4n) is 1.48. The van der Waals surface area contributed by atoms with Crippen LogP contribution in [0.25, 0.3) is 0 Å². The first-order valence-electron chi connectivity index (χ1n) is 5.97. The molecule has 0 radical (unpaired) electrons. The molecule has 1 atom stereocenters. The minimum Gasteiger partial charge on any atom is -0.481 e. The normalized spacial score (nSPS) is 11.9. The predicted octanol–water partition coefficient (Wildman–Crippen LogP) is 3.92. The van der Waals surface area contributed by atoms with Gasteiger partial charge in [-0.1, -0.05) is 36.2 Å². The summed E-state index contributed by atoms with van der Waals surface area (Å²) in [5.74, 6) is -0.491. The van der Waals surface area contributed by atoms with Crippen LogP contribution in [0.2, 0.25) is 10.0 Å². The molecule has 7 heteroatoms. The van der Waals surface area contributed by atoms with Crippen LogP contribution in [0.3, 0.4) is 0 Å². The first-order chi connectivity index (χ1) is 9.40. The van der Waals surface area contributed by atoms with Crippen molar-refractivity contribution in [2.45, 2.75) is 25.0 Å². The van der Waals surface area contributed by atoms with E-state index in [1.54, 1.807) is 18.2 Å².